The lowest BCUT2D eigenvalue weighted by Crippen LogP contribution is -2.38. The van der Waals surface area contributed by atoms with Gasteiger partial charge in [-0.25, -0.2) is 9.98 Å². The van der Waals surface area contributed by atoms with Gasteiger partial charge in [-0.1, -0.05) is 12.1 Å². The Labute approximate surface area is 195 Å². The van der Waals surface area contributed by atoms with Crippen LogP contribution in [0, 0.1) is 0 Å². The third-order valence-electron chi connectivity index (χ3n) is 4.86. The maximum absolute atomic E-state index is 4.73. The van der Waals surface area contributed by atoms with Crippen molar-refractivity contribution in [3.8, 4) is 0 Å². The average Bonchev–Trinajstić information content (AvgIpc) is 3.38. The predicted octanol–water partition coefficient (Wildman–Crippen LogP) is 4.24. The maximum atomic E-state index is 4.73. The van der Waals surface area contributed by atoms with Gasteiger partial charge >= 0.3 is 0 Å². The van der Waals surface area contributed by atoms with E-state index in [1.807, 2.05) is 19.0 Å². The highest BCUT2D eigenvalue weighted by atomic mass is 127. The van der Waals surface area contributed by atoms with E-state index in [4.69, 9.17) is 4.99 Å². The Balaban J connectivity index is 0.00000300. The number of guanidine groups is 1. The van der Waals surface area contributed by atoms with E-state index in [2.05, 4.69) is 64.0 Å². The molecule has 3 rings (SSSR count). The second-order valence-corrected chi connectivity index (χ2v) is 8.20. The molecule has 1 fully saturated rings. The molecule has 0 amide bonds. The first-order valence-corrected chi connectivity index (χ1v) is 11.0. The normalized spacial score (nSPS) is 15.0. The number of hydrogen-bond acceptors (Lipinski definition) is 5. The molecule has 1 aliphatic rings. The summed E-state index contributed by atoms with van der Waals surface area (Å²) in [4.78, 5) is 13.8. The molecule has 8 heteroatoms. The van der Waals surface area contributed by atoms with Crippen molar-refractivity contribution in [2.75, 3.05) is 43.5 Å². The average molecular weight is 529 g/mol. The fourth-order valence-corrected chi connectivity index (χ4v) is 4.06. The number of benzene rings is 1. The second-order valence-electron chi connectivity index (χ2n) is 7.37. The third kappa shape index (κ3) is 6.74. The van der Waals surface area contributed by atoms with E-state index in [0.29, 0.717) is 6.54 Å². The van der Waals surface area contributed by atoms with Crippen molar-refractivity contribution < 1.29 is 0 Å². The molecule has 0 saturated carbocycles. The van der Waals surface area contributed by atoms with E-state index in [1.54, 1.807) is 11.3 Å². The first-order chi connectivity index (χ1) is 13.6. The van der Waals surface area contributed by atoms with Crippen LogP contribution in [0.25, 0.3) is 0 Å². The van der Waals surface area contributed by atoms with E-state index in [1.165, 1.54) is 24.1 Å². The monoisotopic (exact) mass is 528 g/mol. The van der Waals surface area contributed by atoms with Crippen LogP contribution in [0.2, 0.25) is 0 Å². The first-order valence-electron chi connectivity index (χ1n) is 10.1. The zero-order chi connectivity index (χ0) is 19.9. The number of aliphatic imine (C=N–C) groups is 1. The van der Waals surface area contributed by atoms with Gasteiger partial charge in [0.25, 0.3) is 0 Å². The largest absolute Gasteiger partial charge is 0.372 e. The molecule has 2 aromatic rings. The van der Waals surface area contributed by atoms with E-state index < -0.39 is 0 Å². The highest BCUT2D eigenvalue weighted by Gasteiger charge is 2.14. The third-order valence-corrected chi connectivity index (χ3v) is 5.92. The molecule has 1 saturated heterocycles. The fraction of sp³-hybridized carbons (Fsp3) is 0.524. The molecule has 160 valence electrons. The van der Waals surface area contributed by atoms with Crippen LogP contribution >= 0.6 is 35.3 Å². The van der Waals surface area contributed by atoms with Crippen molar-refractivity contribution >= 4 is 52.1 Å². The number of thiazole rings is 1. The Kier molecular flexibility index (Phi) is 9.48. The molecular formula is C21H33IN6S. The van der Waals surface area contributed by atoms with Gasteiger partial charge in [0.15, 0.2) is 11.1 Å². The second kappa shape index (κ2) is 11.6. The molecule has 1 aromatic heterocycles. The lowest BCUT2D eigenvalue weighted by molar-refractivity contribution is 0.685. The van der Waals surface area contributed by atoms with Crippen LogP contribution in [-0.4, -0.2) is 44.7 Å². The minimum absolute atomic E-state index is 0. The van der Waals surface area contributed by atoms with Crippen LogP contribution < -0.4 is 20.4 Å². The van der Waals surface area contributed by atoms with Gasteiger partial charge in [0.2, 0.25) is 0 Å². The molecule has 1 atom stereocenters. The standard InChI is InChI=1S/C21H32N6S.HI/c1-5-22-20(23-14-18-15-28-21(25-18)26(3)4)24-16(2)17-9-8-10-19(13-17)27-11-6-7-12-27;/h8-10,13,15-16H,5-7,11-12,14H2,1-4H3,(H2,22,23,24);1H. The quantitative estimate of drug-likeness (QED) is 0.320. The number of hydrogen-bond donors (Lipinski definition) is 2. The minimum atomic E-state index is 0. The van der Waals surface area contributed by atoms with Gasteiger partial charge in [-0.3, -0.25) is 0 Å². The highest BCUT2D eigenvalue weighted by molar-refractivity contribution is 14.0. The van der Waals surface area contributed by atoms with Crippen LogP contribution in [0.5, 0.6) is 0 Å². The minimum Gasteiger partial charge on any atom is -0.372 e. The SMILES string of the molecule is CCNC(=NCc1csc(N(C)C)n1)NC(C)c1cccc(N2CCCC2)c1.I. The van der Waals surface area contributed by atoms with Gasteiger partial charge in [0, 0.05) is 44.8 Å². The molecule has 2 N–H and O–H groups in total. The van der Waals surface area contributed by atoms with Crippen LogP contribution in [0.15, 0.2) is 34.6 Å². The van der Waals surface area contributed by atoms with Crippen molar-refractivity contribution in [1.29, 1.82) is 0 Å². The summed E-state index contributed by atoms with van der Waals surface area (Å²) in [6.07, 6.45) is 2.59. The van der Waals surface area contributed by atoms with Crippen molar-refractivity contribution in [3.05, 3.63) is 40.9 Å². The Bertz CT molecular complexity index is 785. The van der Waals surface area contributed by atoms with Crippen molar-refractivity contribution in [3.63, 3.8) is 0 Å². The number of rotatable bonds is 7. The molecule has 0 aliphatic carbocycles. The van der Waals surface area contributed by atoms with E-state index in [9.17, 15) is 0 Å². The summed E-state index contributed by atoms with van der Waals surface area (Å²) in [6.45, 7) is 7.99. The summed E-state index contributed by atoms with van der Waals surface area (Å²) in [6, 6.07) is 9.03. The smallest absolute Gasteiger partial charge is 0.192 e. The van der Waals surface area contributed by atoms with Gasteiger partial charge < -0.3 is 20.4 Å². The lowest BCUT2D eigenvalue weighted by Gasteiger charge is -2.22. The predicted molar refractivity (Wildman–Crippen MR) is 136 cm³/mol. The number of halogens is 1. The topological polar surface area (TPSA) is 55.8 Å². The van der Waals surface area contributed by atoms with Gasteiger partial charge in [0.05, 0.1) is 18.3 Å². The fourth-order valence-electron chi connectivity index (χ4n) is 3.31. The van der Waals surface area contributed by atoms with Gasteiger partial charge in [0.1, 0.15) is 0 Å². The number of aromatic nitrogens is 1. The zero-order valence-electron chi connectivity index (χ0n) is 17.8. The summed E-state index contributed by atoms with van der Waals surface area (Å²) in [7, 11) is 4.02. The Morgan fingerprint density at radius 1 is 1.31 bits per heavy atom. The molecule has 1 unspecified atom stereocenters. The first kappa shape index (κ1) is 23.7. The van der Waals surface area contributed by atoms with Crippen LogP contribution in [0.4, 0.5) is 10.8 Å². The van der Waals surface area contributed by atoms with Crippen molar-refractivity contribution in [2.24, 2.45) is 4.99 Å². The molecule has 0 spiro atoms. The highest BCUT2D eigenvalue weighted by Crippen LogP contribution is 2.24. The summed E-state index contributed by atoms with van der Waals surface area (Å²) >= 11 is 1.65. The number of nitrogens with zero attached hydrogens (tertiary/aromatic N) is 4. The van der Waals surface area contributed by atoms with E-state index >= 15 is 0 Å². The van der Waals surface area contributed by atoms with E-state index in [0.717, 1.165) is 36.4 Å². The molecule has 6 nitrogen and oxygen atoms in total. The van der Waals surface area contributed by atoms with Gasteiger partial charge in [-0.05, 0) is 44.4 Å². The van der Waals surface area contributed by atoms with Gasteiger partial charge in [-0.2, -0.15) is 0 Å². The summed E-state index contributed by atoms with van der Waals surface area (Å²) < 4.78 is 0. The molecule has 0 radical (unpaired) electrons. The zero-order valence-corrected chi connectivity index (χ0v) is 21.0. The molecule has 1 aromatic carbocycles. The molecule has 1 aliphatic heterocycles. The lowest BCUT2D eigenvalue weighted by atomic mass is 10.1. The molecular weight excluding hydrogens is 495 g/mol. The Hall–Kier alpha value is -1.55. The van der Waals surface area contributed by atoms with Crippen LogP contribution in [-0.2, 0) is 6.54 Å². The molecule has 29 heavy (non-hydrogen) atoms. The summed E-state index contributed by atoms with van der Waals surface area (Å²) in [5, 5.41) is 9.97. The van der Waals surface area contributed by atoms with Gasteiger partial charge in [-0.15, -0.1) is 35.3 Å². The Morgan fingerprint density at radius 2 is 2.07 bits per heavy atom. The Morgan fingerprint density at radius 3 is 2.72 bits per heavy atom. The number of anilines is 2. The maximum Gasteiger partial charge on any atom is 0.192 e. The summed E-state index contributed by atoms with van der Waals surface area (Å²) in [5.74, 6) is 0.820. The van der Waals surface area contributed by atoms with Crippen LogP contribution in [0.1, 0.15) is 44.0 Å². The van der Waals surface area contributed by atoms with Crippen molar-refractivity contribution in [2.45, 2.75) is 39.3 Å². The van der Waals surface area contributed by atoms with Crippen molar-refractivity contribution in [1.82, 2.24) is 15.6 Å². The molecule has 2 heterocycles. The van der Waals surface area contributed by atoms with Crippen LogP contribution in [0.3, 0.4) is 0 Å². The molecule has 0 bridgehead atoms. The summed E-state index contributed by atoms with van der Waals surface area (Å²) in [5.41, 5.74) is 3.59. The number of nitrogens with one attached hydrogen (secondary N) is 2. The van der Waals surface area contributed by atoms with E-state index in [-0.39, 0.29) is 30.0 Å².